The quantitative estimate of drug-likeness (QED) is 0.209. The Balaban J connectivity index is 1.20. The topological polar surface area (TPSA) is 81.2 Å². The van der Waals surface area contributed by atoms with Gasteiger partial charge in [0, 0.05) is 56.4 Å². The first kappa shape index (κ1) is 32.4. The average Bonchev–Trinajstić information content (AvgIpc) is 4.01. The molecule has 8 heteroatoms. The van der Waals surface area contributed by atoms with Crippen LogP contribution in [0.1, 0.15) is 69.9 Å². The van der Waals surface area contributed by atoms with Crippen LogP contribution in [0.25, 0.3) is 16.5 Å². The molecule has 8 nitrogen and oxygen atoms in total. The Bertz CT molecular complexity index is 1740. The van der Waals surface area contributed by atoms with Gasteiger partial charge in [0.15, 0.2) is 0 Å². The first-order chi connectivity index (χ1) is 23.2. The molecule has 3 unspecified atom stereocenters. The Morgan fingerprint density at radius 1 is 1.00 bits per heavy atom. The van der Waals surface area contributed by atoms with Crippen LogP contribution in [-0.4, -0.2) is 66.9 Å². The normalized spacial score (nSPS) is 23.3. The molecule has 0 spiro atoms. The number of hydrogen-bond acceptors (Lipinski definition) is 6. The van der Waals surface area contributed by atoms with E-state index in [-0.39, 0.29) is 24.0 Å². The Kier molecular flexibility index (Phi) is 9.03. The number of amides is 2. The summed E-state index contributed by atoms with van der Waals surface area (Å²) in [7, 11) is 1.68. The molecule has 2 saturated carbocycles. The van der Waals surface area contributed by atoms with E-state index >= 15 is 0 Å². The maximum absolute atomic E-state index is 14.9. The highest BCUT2D eigenvalue weighted by atomic mass is 16.6. The number of allylic oxidation sites excluding steroid dienone is 4. The smallest absolute Gasteiger partial charge is 0.410 e. The predicted molar refractivity (Wildman–Crippen MR) is 188 cm³/mol. The van der Waals surface area contributed by atoms with Crippen LogP contribution in [-0.2, 0) is 14.3 Å². The standard InChI is InChI=1S/C40H47N3O5/c1-40(2,3)48-39(45)42-19-18-33(28-9-5-8-27(22-28)32-11-6-10-29-23-34(29)32)35(25-42)38(44)43(30-15-16-30)31-14-12-26-13-17-37(41-36(26)24-31)47-21-7-20-46-4/h5-6,8-14,17,22,24,29-30,33-35H,7,15-16,18-21,23,25H2,1-4H3/t29?,33-,34?,35?/m1/s1. The molecule has 1 aromatic heterocycles. The summed E-state index contributed by atoms with van der Waals surface area (Å²) in [5.41, 5.74) is 4.79. The summed E-state index contributed by atoms with van der Waals surface area (Å²) in [5.74, 6) is 1.41. The van der Waals surface area contributed by atoms with Gasteiger partial charge >= 0.3 is 6.09 Å². The molecule has 3 aliphatic carbocycles. The number of aromatic nitrogens is 1. The van der Waals surface area contributed by atoms with Crippen LogP contribution in [0.4, 0.5) is 10.5 Å². The van der Waals surface area contributed by atoms with E-state index in [2.05, 4.69) is 42.5 Å². The summed E-state index contributed by atoms with van der Waals surface area (Å²) in [4.78, 5) is 36.8. The van der Waals surface area contributed by atoms with E-state index in [1.807, 2.05) is 56.0 Å². The van der Waals surface area contributed by atoms with Crippen LogP contribution >= 0.6 is 0 Å². The first-order valence-electron chi connectivity index (χ1n) is 17.5. The number of pyridine rings is 1. The molecule has 2 aromatic carbocycles. The monoisotopic (exact) mass is 649 g/mol. The zero-order valence-corrected chi connectivity index (χ0v) is 28.6. The number of carbonyl (C=O) groups is 2. The minimum atomic E-state index is -0.616. The lowest BCUT2D eigenvalue weighted by Gasteiger charge is -2.40. The summed E-state index contributed by atoms with van der Waals surface area (Å²) < 4.78 is 16.8. The van der Waals surface area contributed by atoms with Gasteiger partial charge in [0.2, 0.25) is 11.8 Å². The van der Waals surface area contributed by atoms with E-state index in [0.29, 0.717) is 50.4 Å². The second-order valence-electron chi connectivity index (χ2n) is 14.7. The minimum absolute atomic E-state index is 0.0298. The zero-order valence-electron chi connectivity index (χ0n) is 28.6. The van der Waals surface area contributed by atoms with Crippen LogP contribution < -0.4 is 9.64 Å². The summed E-state index contributed by atoms with van der Waals surface area (Å²) in [6.07, 6.45) is 11.0. The highest BCUT2D eigenvalue weighted by molar-refractivity contribution is 5.99. The lowest BCUT2D eigenvalue weighted by atomic mass is 9.78. The number of ether oxygens (including phenoxy) is 3. The van der Waals surface area contributed by atoms with Crippen molar-refractivity contribution in [2.24, 2.45) is 17.8 Å². The first-order valence-corrected chi connectivity index (χ1v) is 17.5. The van der Waals surface area contributed by atoms with Gasteiger partial charge in [0.1, 0.15) is 5.60 Å². The third-order valence-corrected chi connectivity index (χ3v) is 9.92. The number of methoxy groups -OCH3 is 1. The fraction of sp³-hybridized carbons (Fsp3) is 0.475. The van der Waals surface area contributed by atoms with Gasteiger partial charge < -0.3 is 24.0 Å². The van der Waals surface area contributed by atoms with Crippen LogP contribution in [0, 0.1) is 17.8 Å². The number of nitrogens with zero attached hydrogens (tertiary/aromatic N) is 3. The molecule has 3 aromatic rings. The average molecular weight is 650 g/mol. The van der Waals surface area contributed by atoms with Crippen LogP contribution in [0.5, 0.6) is 5.88 Å². The van der Waals surface area contributed by atoms with Crippen molar-refractivity contribution in [1.82, 2.24) is 9.88 Å². The molecular weight excluding hydrogens is 602 g/mol. The van der Waals surface area contributed by atoms with Gasteiger partial charge in [0.25, 0.3) is 0 Å². The number of benzene rings is 2. The Morgan fingerprint density at radius 3 is 2.62 bits per heavy atom. The van der Waals surface area contributed by atoms with E-state index in [1.165, 1.54) is 17.6 Å². The van der Waals surface area contributed by atoms with Crippen molar-refractivity contribution < 1.29 is 23.8 Å². The van der Waals surface area contributed by atoms with Crippen molar-refractivity contribution in [1.29, 1.82) is 0 Å². The van der Waals surface area contributed by atoms with E-state index in [4.69, 9.17) is 19.2 Å². The van der Waals surface area contributed by atoms with Gasteiger partial charge in [-0.15, -0.1) is 0 Å². The van der Waals surface area contributed by atoms with Gasteiger partial charge in [-0.2, -0.15) is 0 Å². The second kappa shape index (κ2) is 13.4. The van der Waals surface area contributed by atoms with Crippen molar-refractivity contribution in [3.63, 3.8) is 0 Å². The summed E-state index contributed by atoms with van der Waals surface area (Å²) >= 11 is 0. The Labute approximate surface area is 283 Å². The third-order valence-electron chi connectivity index (χ3n) is 9.92. The Morgan fingerprint density at radius 2 is 1.83 bits per heavy atom. The highest BCUT2D eigenvalue weighted by Gasteiger charge is 2.44. The fourth-order valence-corrected chi connectivity index (χ4v) is 7.29. The van der Waals surface area contributed by atoms with Crippen molar-refractivity contribution in [3.05, 3.63) is 84.0 Å². The molecule has 0 bridgehead atoms. The summed E-state index contributed by atoms with van der Waals surface area (Å²) in [6, 6.07) is 18.9. The zero-order chi connectivity index (χ0) is 33.4. The number of fused-ring (bicyclic) bond motifs is 2. The molecule has 4 aliphatic rings. The number of likely N-dealkylation sites (tertiary alicyclic amines) is 1. The molecule has 252 valence electrons. The van der Waals surface area contributed by atoms with Crippen LogP contribution in [0.15, 0.2) is 72.8 Å². The highest BCUT2D eigenvalue weighted by Crippen LogP contribution is 2.51. The molecule has 2 amide bonds. The summed E-state index contributed by atoms with van der Waals surface area (Å²) in [6.45, 7) is 7.64. The second-order valence-corrected chi connectivity index (χ2v) is 14.7. The molecule has 2 heterocycles. The number of carbonyl (C=O) groups excluding carboxylic acids is 2. The van der Waals surface area contributed by atoms with Gasteiger partial charge in [-0.25, -0.2) is 9.78 Å². The number of anilines is 1. The molecule has 4 atom stereocenters. The van der Waals surface area contributed by atoms with Gasteiger partial charge in [-0.3, -0.25) is 4.79 Å². The molecular formula is C40H47N3O5. The van der Waals surface area contributed by atoms with Gasteiger partial charge in [-0.05, 0) is 99.1 Å². The molecule has 7 rings (SSSR count). The van der Waals surface area contributed by atoms with Crippen LogP contribution in [0.2, 0.25) is 0 Å². The molecule has 1 saturated heterocycles. The predicted octanol–water partition coefficient (Wildman–Crippen LogP) is 7.78. The van der Waals surface area contributed by atoms with Crippen molar-refractivity contribution in [3.8, 4) is 5.88 Å². The maximum atomic E-state index is 14.9. The van der Waals surface area contributed by atoms with E-state index < -0.39 is 11.5 Å². The van der Waals surface area contributed by atoms with Crippen molar-refractivity contribution >= 4 is 34.2 Å². The Hall–Kier alpha value is -4.17. The lowest BCUT2D eigenvalue weighted by molar-refractivity contribution is -0.124. The summed E-state index contributed by atoms with van der Waals surface area (Å²) in [5, 5.41) is 0.986. The molecule has 1 aliphatic heterocycles. The van der Waals surface area contributed by atoms with Crippen LogP contribution in [0.3, 0.4) is 0 Å². The largest absolute Gasteiger partial charge is 0.478 e. The van der Waals surface area contributed by atoms with E-state index in [9.17, 15) is 9.59 Å². The fourth-order valence-electron chi connectivity index (χ4n) is 7.29. The molecule has 48 heavy (non-hydrogen) atoms. The molecule has 3 fully saturated rings. The van der Waals surface area contributed by atoms with Crippen molar-refractivity contribution in [2.75, 3.05) is 38.3 Å². The van der Waals surface area contributed by atoms with Gasteiger partial charge in [0.05, 0.1) is 18.0 Å². The van der Waals surface area contributed by atoms with Gasteiger partial charge in [-0.1, -0.05) is 48.6 Å². The van der Waals surface area contributed by atoms with Crippen molar-refractivity contribution in [2.45, 2.75) is 70.4 Å². The lowest BCUT2D eigenvalue weighted by Crippen LogP contribution is -2.51. The number of piperidine rings is 1. The number of rotatable bonds is 10. The van der Waals surface area contributed by atoms with E-state index in [1.54, 1.807) is 12.0 Å². The van der Waals surface area contributed by atoms with E-state index in [0.717, 1.165) is 41.4 Å². The molecule has 0 N–H and O–H groups in total. The number of hydrogen-bond donors (Lipinski definition) is 0. The maximum Gasteiger partial charge on any atom is 0.410 e. The SMILES string of the molecule is COCCCOc1ccc2ccc(N(C(=O)C3CN(C(=O)OC(C)(C)C)CC[C@@H]3c3cccc(C4=CC=CC5CC45)c3)C3CC3)cc2n1. The third kappa shape index (κ3) is 7.14. The minimum Gasteiger partial charge on any atom is -0.478 e. The molecule has 0 radical (unpaired) electrons.